The molecule has 1 saturated carbocycles. The van der Waals surface area contributed by atoms with Crippen LogP contribution in [0.1, 0.15) is 31.2 Å². The van der Waals surface area contributed by atoms with Gasteiger partial charge in [0.15, 0.2) is 11.5 Å². The van der Waals surface area contributed by atoms with Gasteiger partial charge in [-0.1, -0.05) is 0 Å². The Kier molecular flexibility index (Phi) is 3.17. The monoisotopic (exact) mass is 326 g/mol. The zero-order valence-corrected chi connectivity index (χ0v) is 12.0. The standard InChI is InChI=1S/C14H15BrO4/c15-10-6-9(14(2-3-14)8-12(16)17)7-11-13(10)19-5-1-4-18-11/h6-7H,1-5,8H2,(H,16,17). The predicted octanol–water partition coefficient (Wildman–Crippen LogP) is 3.12. The van der Waals surface area contributed by atoms with Gasteiger partial charge >= 0.3 is 5.97 Å². The molecule has 3 rings (SSSR count). The average molecular weight is 327 g/mol. The fraction of sp³-hybridized carbons (Fsp3) is 0.500. The van der Waals surface area contributed by atoms with E-state index in [0.717, 1.165) is 40.8 Å². The van der Waals surface area contributed by atoms with Crippen LogP contribution < -0.4 is 9.47 Å². The number of aliphatic carboxylic acids is 1. The first-order valence-corrected chi connectivity index (χ1v) is 7.21. The number of ether oxygens (including phenoxy) is 2. The molecule has 102 valence electrons. The van der Waals surface area contributed by atoms with E-state index >= 15 is 0 Å². The van der Waals surface area contributed by atoms with Crippen molar-refractivity contribution in [2.75, 3.05) is 13.2 Å². The molecule has 2 aliphatic rings. The second-order valence-electron chi connectivity index (χ2n) is 5.19. The summed E-state index contributed by atoms with van der Waals surface area (Å²) in [6, 6.07) is 3.92. The summed E-state index contributed by atoms with van der Waals surface area (Å²) in [6.07, 6.45) is 2.88. The summed E-state index contributed by atoms with van der Waals surface area (Å²) in [7, 11) is 0. The van der Waals surface area contributed by atoms with Gasteiger partial charge in [-0.3, -0.25) is 4.79 Å². The SMILES string of the molecule is O=C(O)CC1(c2cc(Br)c3c(c2)OCCCO3)CC1. The fourth-order valence-electron chi connectivity index (χ4n) is 2.54. The molecular formula is C14H15BrO4. The summed E-state index contributed by atoms with van der Waals surface area (Å²) >= 11 is 3.50. The third kappa shape index (κ3) is 2.43. The lowest BCUT2D eigenvalue weighted by molar-refractivity contribution is -0.137. The quantitative estimate of drug-likeness (QED) is 0.927. The van der Waals surface area contributed by atoms with Crippen molar-refractivity contribution in [3.63, 3.8) is 0 Å². The van der Waals surface area contributed by atoms with E-state index in [1.54, 1.807) is 0 Å². The van der Waals surface area contributed by atoms with Gasteiger partial charge in [-0.2, -0.15) is 0 Å². The molecule has 0 atom stereocenters. The molecule has 1 N–H and O–H groups in total. The topological polar surface area (TPSA) is 55.8 Å². The number of carbonyl (C=O) groups is 1. The summed E-state index contributed by atoms with van der Waals surface area (Å²) in [5.74, 6) is 0.701. The lowest BCUT2D eigenvalue weighted by Crippen LogP contribution is -2.13. The number of carboxylic acid groups (broad SMARTS) is 1. The fourth-order valence-corrected chi connectivity index (χ4v) is 3.10. The summed E-state index contributed by atoms with van der Waals surface area (Å²) in [5, 5.41) is 9.04. The number of fused-ring (bicyclic) bond motifs is 1. The summed E-state index contributed by atoms with van der Waals surface area (Å²) in [4.78, 5) is 11.0. The van der Waals surface area contributed by atoms with Gasteiger partial charge in [-0.05, 0) is 46.5 Å². The molecule has 1 aliphatic carbocycles. The second-order valence-corrected chi connectivity index (χ2v) is 6.04. The highest BCUT2D eigenvalue weighted by Gasteiger charge is 2.46. The van der Waals surface area contributed by atoms with Gasteiger partial charge in [0.05, 0.1) is 24.1 Å². The number of halogens is 1. The Hall–Kier alpha value is -1.23. The highest BCUT2D eigenvalue weighted by atomic mass is 79.9. The van der Waals surface area contributed by atoms with Crippen molar-refractivity contribution in [1.29, 1.82) is 0 Å². The minimum absolute atomic E-state index is 0.180. The van der Waals surface area contributed by atoms with E-state index in [0.29, 0.717) is 13.2 Å². The molecule has 1 aromatic rings. The zero-order valence-electron chi connectivity index (χ0n) is 10.4. The van der Waals surface area contributed by atoms with Crippen LogP contribution in [0.3, 0.4) is 0 Å². The molecule has 1 aromatic carbocycles. The van der Waals surface area contributed by atoms with Crippen LogP contribution >= 0.6 is 15.9 Å². The summed E-state index contributed by atoms with van der Waals surface area (Å²) in [6.45, 7) is 1.28. The number of rotatable bonds is 3. The number of carboxylic acids is 1. The van der Waals surface area contributed by atoms with Crippen LogP contribution in [-0.4, -0.2) is 24.3 Å². The molecule has 0 unspecified atom stereocenters. The molecule has 0 saturated heterocycles. The van der Waals surface area contributed by atoms with Gasteiger partial charge in [0.1, 0.15) is 0 Å². The normalized spacial score (nSPS) is 19.6. The molecule has 1 fully saturated rings. The average Bonchev–Trinajstić information content (AvgIpc) is 3.12. The van der Waals surface area contributed by atoms with E-state index in [1.807, 2.05) is 12.1 Å². The first-order valence-electron chi connectivity index (χ1n) is 6.42. The molecule has 4 nitrogen and oxygen atoms in total. The van der Waals surface area contributed by atoms with Crippen LogP contribution in [0.25, 0.3) is 0 Å². The van der Waals surface area contributed by atoms with Gasteiger partial charge in [-0.25, -0.2) is 0 Å². The molecule has 0 aromatic heterocycles. The molecular weight excluding hydrogens is 312 g/mol. The number of hydrogen-bond acceptors (Lipinski definition) is 3. The van der Waals surface area contributed by atoms with Gasteiger partial charge in [-0.15, -0.1) is 0 Å². The summed E-state index contributed by atoms with van der Waals surface area (Å²) in [5.41, 5.74) is 0.824. The van der Waals surface area contributed by atoms with Crippen molar-refractivity contribution in [3.8, 4) is 11.5 Å². The Morgan fingerprint density at radius 1 is 1.32 bits per heavy atom. The van der Waals surface area contributed by atoms with Crippen molar-refractivity contribution < 1.29 is 19.4 Å². The molecule has 5 heteroatoms. The third-order valence-corrected chi connectivity index (χ3v) is 4.35. The van der Waals surface area contributed by atoms with Gasteiger partial charge in [0.25, 0.3) is 0 Å². The van der Waals surface area contributed by atoms with Crippen molar-refractivity contribution in [2.24, 2.45) is 0 Å². The number of benzene rings is 1. The Balaban J connectivity index is 1.98. The van der Waals surface area contributed by atoms with E-state index in [-0.39, 0.29) is 11.8 Å². The van der Waals surface area contributed by atoms with Crippen molar-refractivity contribution >= 4 is 21.9 Å². The van der Waals surface area contributed by atoms with E-state index in [9.17, 15) is 4.79 Å². The molecule has 0 spiro atoms. The van der Waals surface area contributed by atoms with Crippen LogP contribution in [0.5, 0.6) is 11.5 Å². The van der Waals surface area contributed by atoms with Crippen LogP contribution in [0.15, 0.2) is 16.6 Å². The largest absolute Gasteiger partial charge is 0.490 e. The van der Waals surface area contributed by atoms with Crippen molar-refractivity contribution in [1.82, 2.24) is 0 Å². The van der Waals surface area contributed by atoms with E-state index in [1.165, 1.54) is 0 Å². The molecule has 19 heavy (non-hydrogen) atoms. The van der Waals surface area contributed by atoms with Crippen LogP contribution in [0.4, 0.5) is 0 Å². The van der Waals surface area contributed by atoms with Crippen molar-refractivity contribution in [3.05, 3.63) is 22.2 Å². The molecule has 0 amide bonds. The van der Waals surface area contributed by atoms with E-state index in [4.69, 9.17) is 14.6 Å². The van der Waals surface area contributed by atoms with Crippen LogP contribution in [-0.2, 0) is 10.2 Å². The van der Waals surface area contributed by atoms with Crippen LogP contribution in [0.2, 0.25) is 0 Å². The first kappa shape index (κ1) is 12.8. The highest BCUT2D eigenvalue weighted by Crippen LogP contribution is 2.53. The molecule has 0 bridgehead atoms. The smallest absolute Gasteiger partial charge is 0.304 e. The second kappa shape index (κ2) is 4.71. The summed E-state index contributed by atoms with van der Waals surface area (Å²) < 4.78 is 12.2. The maximum absolute atomic E-state index is 11.0. The minimum atomic E-state index is -0.749. The molecule has 1 heterocycles. The lowest BCUT2D eigenvalue weighted by Gasteiger charge is -2.17. The first-order chi connectivity index (χ1) is 9.11. The third-order valence-electron chi connectivity index (χ3n) is 3.76. The molecule has 1 aliphatic heterocycles. The lowest BCUT2D eigenvalue weighted by atomic mass is 9.92. The van der Waals surface area contributed by atoms with E-state index < -0.39 is 5.97 Å². The van der Waals surface area contributed by atoms with Gasteiger partial charge in [0, 0.05) is 11.8 Å². The van der Waals surface area contributed by atoms with Crippen LogP contribution in [0, 0.1) is 0 Å². The minimum Gasteiger partial charge on any atom is -0.490 e. The Labute approximate surface area is 119 Å². The highest BCUT2D eigenvalue weighted by molar-refractivity contribution is 9.10. The Bertz CT molecular complexity index is 522. The van der Waals surface area contributed by atoms with Crippen molar-refractivity contribution in [2.45, 2.75) is 31.1 Å². The maximum Gasteiger partial charge on any atom is 0.304 e. The molecule has 0 radical (unpaired) electrons. The zero-order chi connectivity index (χ0) is 13.5. The van der Waals surface area contributed by atoms with E-state index in [2.05, 4.69) is 15.9 Å². The Morgan fingerprint density at radius 3 is 2.74 bits per heavy atom. The number of hydrogen-bond donors (Lipinski definition) is 1. The van der Waals surface area contributed by atoms with Gasteiger partial charge in [0.2, 0.25) is 0 Å². The predicted molar refractivity (Wildman–Crippen MR) is 72.9 cm³/mol. The maximum atomic E-state index is 11.0. The Morgan fingerprint density at radius 2 is 2.05 bits per heavy atom. The van der Waals surface area contributed by atoms with Gasteiger partial charge < -0.3 is 14.6 Å².